The van der Waals surface area contributed by atoms with Gasteiger partial charge in [0.25, 0.3) is 0 Å². The monoisotopic (exact) mass is 268 g/mol. The molecule has 0 spiro atoms. The Hall–Kier alpha value is -1.36. The van der Waals surface area contributed by atoms with E-state index in [-0.39, 0.29) is 5.97 Å². The zero-order chi connectivity index (χ0) is 13.5. The molecule has 0 saturated carbocycles. The minimum absolute atomic E-state index is 0.352. The molecule has 1 rings (SSSR count). The number of thioether (sulfide) groups is 1. The lowest BCUT2D eigenvalue weighted by atomic mass is 10.1. The molecule has 0 atom stereocenters. The number of carbonyl (C=O) groups excluding carboxylic acids is 1. The number of rotatable bonds is 6. The first-order valence-electron chi connectivity index (χ1n) is 5.87. The Labute approximate surface area is 112 Å². The second-order valence-corrected chi connectivity index (χ2v) is 4.86. The number of nitrogens with two attached hydrogens (primary N) is 1. The maximum Gasteiger partial charge on any atom is 0.340 e. The Kier molecular flexibility index (Phi) is 5.85. The molecule has 0 radical (unpaired) electrons. The van der Waals surface area contributed by atoms with Crippen molar-refractivity contribution < 1.29 is 9.53 Å². The Bertz CT molecular complexity index is 410. The van der Waals surface area contributed by atoms with Crippen LogP contribution in [-0.4, -0.2) is 38.2 Å². The molecule has 0 bridgehead atoms. The van der Waals surface area contributed by atoms with Gasteiger partial charge in [-0.2, -0.15) is 11.8 Å². The van der Waals surface area contributed by atoms with Crippen LogP contribution in [0.5, 0.6) is 0 Å². The molecule has 0 amide bonds. The summed E-state index contributed by atoms with van der Waals surface area (Å²) in [6.45, 7) is 3.02. The molecule has 1 aromatic carbocycles. The molecule has 0 aromatic heterocycles. The number of benzene rings is 1. The minimum atomic E-state index is -0.366. The summed E-state index contributed by atoms with van der Waals surface area (Å²) < 4.78 is 4.98. The highest BCUT2D eigenvalue weighted by Crippen LogP contribution is 2.26. The molecule has 0 heterocycles. The summed E-state index contributed by atoms with van der Waals surface area (Å²) in [4.78, 5) is 13.8. The highest BCUT2D eigenvalue weighted by molar-refractivity contribution is 7.98. The predicted molar refractivity (Wildman–Crippen MR) is 78.5 cm³/mol. The van der Waals surface area contributed by atoms with Crippen LogP contribution in [0, 0.1) is 0 Å². The standard InChI is InChI=1S/C13H20N2O2S/c1-4-17-13(16)10-6-5-7-11(12(10)14)15(2)8-9-18-3/h5-7H,4,8-9,14H2,1-3H3. The van der Waals surface area contributed by atoms with Crippen LogP contribution in [0.15, 0.2) is 18.2 Å². The largest absolute Gasteiger partial charge is 0.462 e. The number of anilines is 2. The quantitative estimate of drug-likeness (QED) is 0.633. The first-order valence-corrected chi connectivity index (χ1v) is 7.26. The van der Waals surface area contributed by atoms with Gasteiger partial charge in [0, 0.05) is 19.3 Å². The zero-order valence-corrected chi connectivity index (χ0v) is 11.9. The van der Waals surface area contributed by atoms with Crippen LogP contribution in [0.4, 0.5) is 11.4 Å². The van der Waals surface area contributed by atoms with Crippen molar-refractivity contribution in [3.05, 3.63) is 23.8 Å². The number of hydrogen-bond donors (Lipinski definition) is 1. The highest BCUT2D eigenvalue weighted by Gasteiger charge is 2.15. The van der Waals surface area contributed by atoms with Crippen molar-refractivity contribution in [2.75, 3.05) is 42.8 Å². The lowest BCUT2D eigenvalue weighted by Gasteiger charge is -2.21. The second-order valence-electron chi connectivity index (χ2n) is 3.87. The van der Waals surface area contributed by atoms with Crippen molar-refractivity contribution in [3.63, 3.8) is 0 Å². The van der Waals surface area contributed by atoms with Gasteiger partial charge in [-0.25, -0.2) is 4.79 Å². The van der Waals surface area contributed by atoms with E-state index in [2.05, 4.69) is 11.2 Å². The van der Waals surface area contributed by atoms with Gasteiger partial charge in [0.15, 0.2) is 0 Å². The normalized spacial score (nSPS) is 10.2. The van der Waals surface area contributed by atoms with Crippen LogP contribution in [-0.2, 0) is 4.74 Å². The zero-order valence-electron chi connectivity index (χ0n) is 11.1. The van der Waals surface area contributed by atoms with E-state index in [1.54, 1.807) is 24.8 Å². The summed E-state index contributed by atoms with van der Waals surface area (Å²) in [6.07, 6.45) is 2.06. The molecule has 0 fully saturated rings. The summed E-state index contributed by atoms with van der Waals surface area (Å²) in [5.41, 5.74) is 7.83. The van der Waals surface area contributed by atoms with Gasteiger partial charge in [-0.05, 0) is 25.3 Å². The van der Waals surface area contributed by atoms with Crippen molar-refractivity contribution in [2.45, 2.75) is 6.92 Å². The first-order chi connectivity index (χ1) is 8.61. The highest BCUT2D eigenvalue weighted by atomic mass is 32.2. The molecule has 0 unspecified atom stereocenters. The third-order valence-corrected chi connectivity index (χ3v) is 3.21. The van der Waals surface area contributed by atoms with Crippen molar-refractivity contribution in [1.29, 1.82) is 0 Å². The fourth-order valence-corrected chi connectivity index (χ4v) is 2.08. The number of ether oxygens (including phenoxy) is 1. The van der Waals surface area contributed by atoms with E-state index in [1.807, 2.05) is 19.2 Å². The van der Waals surface area contributed by atoms with Crippen molar-refractivity contribution in [3.8, 4) is 0 Å². The van der Waals surface area contributed by atoms with E-state index < -0.39 is 0 Å². The average Bonchev–Trinajstić information content (AvgIpc) is 2.36. The van der Waals surface area contributed by atoms with E-state index in [1.165, 1.54) is 0 Å². The molecule has 0 aliphatic heterocycles. The summed E-state index contributed by atoms with van der Waals surface area (Å²) in [5, 5.41) is 0. The van der Waals surface area contributed by atoms with Crippen LogP contribution in [0.3, 0.4) is 0 Å². The van der Waals surface area contributed by atoms with Crippen molar-refractivity contribution in [2.24, 2.45) is 0 Å². The maximum absolute atomic E-state index is 11.7. The van der Waals surface area contributed by atoms with Crippen molar-refractivity contribution >= 4 is 29.1 Å². The smallest absolute Gasteiger partial charge is 0.340 e. The molecule has 18 heavy (non-hydrogen) atoms. The lowest BCUT2D eigenvalue weighted by molar-refractivity contribution is 0.0527. The van der Waals surface area contributed by atoms with E-state index in [4.69, 9.17) is 10.5 Å². The number of carbonyl (C=O) groups is 1. The van der Waals surface area contributed by atoms with Gasteiger partial charge in [0.05, 0.1) is 23.5 Å². The number of hydrogen-bond acceptors (Lipinski definition) is 5. The van der Waals surface area contributed by atoms with Crippen LogP contribution in [0.2, 0.25) is 0 Å². The Balaban J connectivity index is 2.94. The molecular weight excluding hydrogens is 248 g/mol. The fraction of sp³-hybridized carbons (Fsp3) is 0.462. The number of nitrogen functional groups attached to an aromatic ring is 1. The Morgan fingerprint density at radius 3 is 2.83 bits per heavy atom. The molecule has 100 valence electrons. The van der Waals surface area contributed by atoms with E-state index in [9.17, 15) is 4.79 Å². The SMILES string of the molecule is CCOC(=O)c1cccc(N(C)CCSC)c1N. The van der Waals surface area contributed by atoms with Gasteiger partial charge in [0.2, 0.25) is 0 Å². The van der Waals surface area contributed by atoms with Crippen LogP contribution < -0.4 is 10.6 Å². The molecule has 0 saturated heterocycles. The van der Waals surface area contributed by atoms with E-state index >= 15 is 0 Å². The first kappa shape index (κ1) is 14.7. The van der Waals surface area contributed by atoms with Gasteiger partial charge < -0.3 is 15.4 Å². The third kappa shape index (κ3) is 3.57. The summed E-state index contributed by atoms with van der Waals surface area (Å²) >= 11 is 1.77. The van der Waals surface area contributed by atoms with Crippen molar-refractivity contribution in [1.82, 2.24) is 0 Å². The average molecular weight is 268 g/mol. The van der Waals surface area contributed by atoms with Gasteiger partial charge >= 0.3 is 5.97 Å². The summed E-state index contributed by atoms with van der Waals surface area (Å²) in [7, 11) is 1.97. The molecule has 4 nitrogen and oxygen atoms in total. The number of esters is 1. The van der Waals surface area contributed by atoms with Gasteiger partial charge in [-0.3, -0.25) is 0 Å². The van der Waals surface area contributed by atoms with Crippen LogP contribution in [0.25, 0.3) is 0 Å². The summed E-state index contributed by atoms with van der Waals surface area (Å²) in [6, 6.07) is 5.44. The molecule has 2 N–H and O–H groups in total. The maximum atomic E-state index is 11.7. The topological polar surface area (TPSA) is 55.6 Å². The minimum Gasteiger partial charge on any atom is -0.462 e. The fourth-order valence-electron chi connectivity index (χ4n) is 1.62. The molecule has 0 aliphatic rings. The molecule has 1 aromatic rings. The van der Waals surface area contributed by atoms with E-state index in [0.717, 1.165) is 18.0 Å². The van der Waals surface area contributed by atoms with Crippen LogP contribution in [0.1, 0.15) is 17.3 Å². The molecule has 0 aliphatic carbocycles. The van der Waals surface area contributed by atoms with E-state index in [0.29, 0.717) is 17.9 Å². The number of para-hydroxylation sites is 1. The second kappa shape index (κ2) is 7.16. The Morgan fingerprint density at radius 2 is 2.22 bits per heavy atom. The predicted octanol–water partition coefficient (Wildman–Crippen LogP) is 2.24. The number of nitrogens with zero attached hydrogens (tertiary/aromatic N) is 1. The van der Waals surface area contributed by atoms with Crippen LogP contribution >= 0.6 is 11.8 Å². The van der Waals surface area contributed by atoms with Gasteiger partial charge in [0.1, 0.15) is 0 Å². The third-order valence-electron chi connectivity index (χ3n) is 2.62. The molecular formula is C13H20N2O2S. The summed E-state index contributed by atoms with van der Waals surface area (Å²) in [5.74, 6) is 0.648. The van der Waals surface area contributed by atoms with Gasteiger partial charge in [-0.15, -0.1) is 0 Å². The molecule has 5 heteroatoms. The Morgan fingerprint density at radius 1 is 1.50 bits per heavy atom. The lowest BCUT2D eigenvalue weighted by Crippen LogP contribution is -2.22. The van der Waals surface area contributed by atoms with Gasteiger partial charge in [-0.1, -0.05) is 6.07 Å².